The number of anilines is 2. The van der Waals surface area contributed by atoms with E-state index in [0.717, 1.165) is 5.69 Å². The molecule has 0 aliphatic rings. The topological polar surface area (TPSA) is 88.5 Å². The second-order valence-electron chi connectivity index (χ2n) is 4.19. The molecule has 0 saturated carbocycles. The van der Waals surface area contributed by atoms with E-state index in [2.05, 4.69) is 15.0 Å². The highest BCUT2D eigenvalue weighted by Gasteiger charge is 2.21. The van der Waals surface area contributed by atoms with Gasteiger partial charge in [0, 0.05) is 11.9 Å². The van der Waals surface area contributed by atoms with E-state index in [1.165, 1.54) is 0 Å². The first kappa shape index (κ1) is 14.5. The fourth-order valence-corrected chi connectivity index (χ4v) is 1.91. The van der Waals surface area contributed by atoms with Crippen molar-refractivity contribution in [3.63, 3.8) is 0 Å². The number of pyridine rings is 1. The van der Waals surface area contributed by atoms with Gasteiger partial charge in [-0.25, -0.2) is 14.6 Å². The summed E-state index contributed by atoms with van der Waals surface area (Å²) in [6, 6.07) is 10.8. The minimum absolute atomic E-state index is 0.131. The van der Waals surface area contributed by atoms with Crippen molar-refractivity contribution in [3.05, 3.63) is 53.7 Å². The molecule has 1 heterocycles. The molecule has 0 fully saturated rings. The van der Waals surface area contributed by atoms with Crippen LogP contribution in [0.2, 0.25) is 0 Å². The van der Waals surface area contributed by atoms with Gasteiger partial charge in [0.2, 0.25) is 0 Å². The van der Waals surface area contributed by atoms with Crippen molar-refractivity contribution in [1.29, 1.82) is 0 Å². The first-order chi connectivity index (χ1) is 10.1. The van der Waals surface area contributed by atoms with Gasteiger partial charge in [-0.15, -0.1) is 0 Å². The highest BCUT2D eigenvalue weighted by atomic mass is 16.7. The van der Waals surface area contributed by atoms with E-state index < -0.39 is 12.1 Å². The lowest BCUT2D eigenvalue weighted by atomic mass is 10.1. The number of esters is 1. The molecule has 0 aliphatic heterocycles. The normalized spacial score (nSPS) is 9.95. The van der Waals surface area contributed by atoms with Gasteiger partial charge in [-0.1, -0.05) is 25.1 Å². The molecule has 1 aromatic carbocycles. The molecule has 0 radical (unpaired) electrons. The van der Waals surface area contributed by atoms with Crippen LogP contribution in [0.1, 0.15) is 22.8 Å². The lowest BCUT2D eigenvalue weighted by Crippen LogP contribution is -2.15. The van der Waals surface area contributed by atoms with Crippen LogP contribution < -0.4 is 5.32 Å². The quantitative estimate of drug-likeness (QED) is 0.662. The van der Waals surface area contributed by atoms with Crippen molar-refractivity contribution in [2.45, 2.75) is 13.3 Å². The summed E-state index contributed by atoms with van der Waals surface area (Å²) in [7, 11) is 0. The summed E-state index contributed by atoms with van der Waals surface area (Å²) >= 11 is 0. The minimum Gasteiger partial charge on any atom is -0.449 e. The molecule has 0 atom stereocenters. The van der Waals surface area contributed by atoms with E-state index in [-0.39, 0.29) is 11.4 Å². The maximum absolute atomic E-state index is 12.0. The van der Waals surface area contributed by atoms with E-state index in [0.29, 0.717) is 12.0 Å². The number of nitrogens with one attached hydrogen (secondary N) is 1. The third-order valence-electron chi connectivity index (χ3n) is 2.84. The van der Waals surface area contributed by atoms with Crippen LogP contribution in [-0.4, -0.2) is 22.2 Å². The van der Waals surface area contributed by atoms with Crippen LogP contribution in [0.3, 0.4) is 0 Å². The highest BCUT2D eigenvalue weighted by molar-refractivity contribution is 6.00. The summed E-state index contributed by atoms with van der Waals surface area (Å²) in [6.45, 7) is 1.86. The Labute approximate surface area is 121 Å². The van der Waals surface area contributed by atoms with Gasteiger partial charge in [0.05, 0.1) is 0 Å². The summed E-state index contributed by atoms with van der Waals surface area (Å²) in [6.07, 6.45) is 0.467. The number of hydrogen-bond donors (Lipinski definition) is 2. The zero-order valence-corrected chi connectivity index (χ0v) is 11.4. The molecule has 2 rings (SSSR count). The second-order valence-corrected chi connectivity index (χ2v) is 4.19. The zero-order chi connectivity index (χ0) is 15.2. The monoisotopic (exact) mass is 286 g/mol. The Morgan fingerprint density at radius 2 is 1.95 bits per heavy atom. The smallest absolute Gasteiger partial charge is 0.449 e. The van der Waals surface area contributed by atoms with Gasteiger partial charge in [0.25, 0.3) is 0 Å². The van der Waals surface area contributed by atoms with Crippen LogP contribution in [0.25, 0.3) is 0 Å². The molecule has 2 N–H and O–H groups in total. The van der Waals surface area contributed by atoms with Gasteiger partial charge in [0.15, 0.2) is 0 Å². The van der Waals surface area contributed by atoms with Crippen LogP contribution >= 0.6 is 0 Å². The molecule has 0 unspecified atom stereocenters. The van der Waals surface area contributed by atoms with E-state index >= 15 is 0 Å². The third kappa shape index (κ3) is 3.56. The summed E-state index contributed by atoms with van der Waals surface area (Å²) in [5.41, 5.74) is 1.53. The molecule has 0 amide bonds. The van der Waals surface area contributed by atoms with Crippen molar-refractivity contribution in [3.8, 4) is 0 Å². The van der Waals surface area contributed by atoms with E-state index in [9.17, 15) is 9.59 Å². The molecule has 6 nitrogen and oxygen atoms in total. The van der Waals surface area contributed by atoms with E-state index in [1.54, 1.807) is 12.3 Å². The number of nitrogens with zero attached hydrogens (tertiary/aromatic N) is 1. The summed E-state index contributed by atoms with van der Waals surface area (Å²) in [5, 5.41) is 11.6. The molecular formula is C15H14N2O4. The van der Waals surface area contributed by atoms with Crippen molar-refractivity contribution in [2.75, 3.05) is 5.32 Å². The van der Waals surface area contributed by atoms with Crippen LogP contribution in [0.15, 0.2) is 42.6 Å². The summed E-state index contributed by atoms with van der Waals surface area (Å²) < 4.78 is 4.25. The standard InChI is InChI=1S/C15H14N2O4/c1-2-10-8-9-16-13(12(10)14(18)21-15(19)20)17-11-6-4-3-5-7-11/h3-9H,2H2,1H3,(H,16,17)(H,19,20). The molecule has 0 spiro atoms. The van der Waals surface area contributed by atoms with Gasteiger partial charge in [-0.3, -0.25) is 0 Å². The average molecular weight is 286 g/mol. The molecule has 1 aromatic heterocycles. The molecule has 0 bridgehead atoms. The van der Waals surface area contributed by atoms with Crippen molar-refractivity contribution in [1.82, 2.24) is 4.98 Å². The first-order valence-electron chi connectivity index (χ1n) is 6.37. The number of carbonyl (C=O) groups is 2. The molecular weight excluding hydrogens is 272 g/mol. The van der Waals surface area contributed by atoms with Crippen LogP contribution in [0, 0.1) is 0 Å². The molecule has 0 aliphatic carbocycles. The lowest BCUT2D eigenvalue weighted by Gasteiger charge is -2.12. The maximum Gasteiger partial charge on any atom is 0.513 e. The maximum atomic E-state index is 12.0. The zero-order valence-electron chi connectivity index (χ0n) is 11.4. The first-order valence-corrected chi connectivity index (χ1v) is 6.37. The van der Waals surface area contributed by atoms with E-state index in [4.69, 9.17) is 5.11 Å². The Morgan fingerprint density at radius 1 is 1.24 bits per heavy atom. The summed E-state index contributed by atoms with van der Waals surface area (Å²) in [4.78, 5) is 26.6. The van der Waals surface area contributed by atoms with Crippen LogP contribution in [-0.2, 0) is 11.2 Å². The van der Waals surface area contributed by atoms with Gasteiger partial charge >= 0.3 is 12.1 Å². The van der Waals surface area contributed by atoms with Crippen molar-refractivity contribution < 1.29 is 19.4 Å². The van der Waals surface area contributed by atoms with Gasteiger partial charge in [0.1, 0.15) is 11.4 Å². The van der Waals surface area contributed by atoms with Crippen molar-refractivity contribution in [2.24, 2.45) is 0 Å². The molecule has 0 saturated heterocycles. The Bertz CT molecular complexity index is 656. The number of para-hydroxylation sites is 1. The number of aryl methyl sites for hydroxylation is 1. The number of ether oxygens (including phenoxy) is 1. The van der Waals surface area contributed by atoms with Crippen LogP contribution in [0.5, 0.6) is 0 Å². The number of carboxylic acid groups (broad SMARTS) is 1. The Balaban J connectivity index is 2.40. The molecule has 2 aromatic rings. The summed E-state index contributed by atoms with van der Waals surface area (Å²) in [5.74, 6) is -0.669. The Hall–Kier alpha value is -2.89. The van der Waals surface area contributed by atoms with Gasteiger partial charge in [-0.05, 0) is 30.2 Å². The predicted molar refractivity (Wildman–Crippen MR) is 76.8 cm³/mol. The number of rotatable bonds is 4. The SMILES string of the molecule is CCc1ccnc(Nc2ccccc2)c1C(=O)OC(=O)O. The fraction of sp³-hybridized carbons (Fsp3) is 0.133. The second kappa shape index (κ2) is 6.51. The Kier molecular flexibility index (Phi) is 4.50. The largest absolute Gasteiger partial charge is 0.513 e. The number of hydrogen-bond acceptors (Lipinski definition) is 5. The number of carbonyl (C=O) groups excluding carboxylic acids is 1. The Morgan fingerprint density at radius 3 is 2.57 bits per heavy atom. The minimum atomic E-state index is -1.64. The number of benzene rings is 1. The average Bonchev–Trinajstić information content (AvgIpc) is 2.47. The van der Waals surface area contributed by atoms with Crippen LogP contribution in [0.4, 0.5) is 16.3 Å². The van der Waals surface area contributed by atoms with Gasteiger partial charge in [-0.2, -0.15) is 0 Å². The third-order valence-corrected chi connectivity index (χ3v) is 2.84. The predicted octanol–water partition coefficient (Wildman–Crippen LogP) is 3.22. The lowest BCUT2D eigenvalue weighted by molar-refractivity contribution is 0.0509. The van der Waals surface area contributed by atoms with Gasteiger partial charge < -0.3 is 15.2 Å². The van der Waals surface area contributed by atoms with Crippen molar-refractivity contribution >= 4 is 23.6 Å². The molecule has 108 valence electrons. The van der Waals surface area contributed by atoms with E-state index in [1.807, 2.05) is 37.3 Å². The molecule has 21 heavy (non-hydrogen) atoms. The molecule has 6 heteroatoms. The fourth-order valence-electron chi connectivity index (χ4n) is 1.91. The number of aromatic nitrogens is 1. The highest BCUT2D eigenvalue weighted by Crippen LogP contribution is 2.23.